The summed E-state index contributed by atoms with van der Waals surface area (Å²) in [6.07, 6.45) is 0. The number of hydrogen-bond donors (Lipinski definition) is 2. The van der Waals surface area contributed by atoms with Gasteiger partial charge < -0.3 is 5.32 Å². The molecule has 0 aliphatic rings. The minimum atomic E-state index is -4.37. The first-order valence-corrected chi connectivity index (χ1v) is 10.8. The second kappa shape index (κ2) is 8.73. The number of thiophene rings is 1. The number of amides is 2. The summed E-state index contributed by atoms with van der Waals surface area (Å²) >= 11 is 12.3. The molecule has 1 atom stereocenters. The van der Waals surface area contributed by atoms with Crippen molar-refractivity contribution < 1.29 is 26.8 Å². The highest BCUT2D eigenvalue weighted by Crippen LogP contribution is 2.34. The highest BCUT2D eigenvalue weighted by molar-refractivity contribution is 7.90. The molecule has 12 heteroatoms. The first-order valence-electron chi connectivity index (χ1n) is 7.70. The average molecular weight is 471 g/mol. The van der Waals surface area contributed by atoms with Crippen LogP contribution in [0.1, 0.15) is 24.2 Å². The van der Waals surface area contributed by atoms with Gasteiger partial charge in [-0.25, -0.2) is 21.9 Å². The van der Waals surface area contributed by atoms with Gasteiger partial charge in [-0.3, -0.25) is 9.59 Å². The lowest BCUT2D eigenvalue weighted by atomic mass is 10.0. The lowest BCUT2D eigenvalue weighted by molar-refractivity contribution is -0.122. The van der Waals surface area contributed by atoms with Crippen molar-refractivity contribution in [3.05, 3.63) is 50.1 Å². The Kier molecular flexibility index (Phi) is 7.02. The van der Waals surface area contributed by atoms with Gasteiger partial charge in [0, 0.05) is 0 Å². The van der Waals surface area contributed by atoms with Crippen LogP contribution >= 0.6 is 34.5 Å². The Balaban J connectivity index is 2.25. The predicted molar refractivity (Wildman–Crippen MR) is 102 cm³/mol. The van der Waals surface area contributed by atoms with Crippen molar-refractivity contribution in [1.29, 1.82) is 0 Å². The van der Waals surface area contributed by atoms with Crippen LogP contribution in [0.4, 0.5) is 8.78 Å². The van der Waals surface area contributed by atoms with Gasteiger partial charge in [-0.15, -0.1) is 11.3 Å². The number of rotatable bonds is 6. The maximum absolute atomic E-state index is 13.8. The number of carbonyl (C=O) groups excluding carboxylic acids is 2. The molecule has 1 aromatic heterocycles. The number of hydrogen-bond acceptors (Lipinski definition) is 5. The Bertz CT molecular complexity index is 1010. The van der Waals surface area contributed by atoms with E-state index in [0.717, 1.165) is 35.6 Å². The zero-order valence-corrected chi connectivity index (χ0v) is 17.6. The van der Waals surface area contributed by atoms with Crippen molar-refractivity contribution in [3.8, 4) is 0 Å². The standard InChI is InChI=1S/C16H14Cl2F2N2O4S2/c1-7(2)13(21-15(23)12-8(19)4-3-5-9(12)20)16(24)22-28(25,26)10-6-11(17)27-14(10)18/h3-7,13H,1-2H3,(H,21,23)(H,22,24). The number of carbonyl (C=O) groups is 2. The molecular weight excluding hydrogens is 457 g/mol. The van der Waals surface area contributed by atoms with Gasteiger partial charge in [0.2, 0.25) is 0 Å². The molecule has 2 rings (SSSR count). The van der Waals surface area contributed by atoms with Crippen molar-refractivity contribution >= 4 is 56.4 Å². The Morgan fingerprint density at radius 1 is 1.14 bits per heavy atom. The van der Waals surface area contributed by atoms with Crippen LogP contribution in [0.25, 0.3) is 0 Å². The van der Waals surface area contributed by atoms with Gasteiger partial charge in [0.25, 0.3) is 21.8 Å². The first-order chi connectivity index (χ1) is 12.9. The molecule has 6 nitrogen and oxygen atoms in total. The topological polar surface area (TPSA) is 92.3 Å². The number of nitrogens with one attached hydrogen (secondary N) is 2. The molecular formula is C16H14Cl2F2N2O4S2. The molecule has 2 aromatic rings. The highest BCUT2D eigenvalue weighted by atomic mass is 35.5. The summed E-state index contributed by atoms with van der Waals surface area (Å²) in [4.78, 5) is 24.3. The molecule has 0 aliphatic heterocycles. The zero-order chi connectivity index (χ0) is 21.2. The van der Waals surface area contributed by atoms with Crippen LogP contribution < -0.4 is 10.0 Å². The number of halogens is 4. The fourth-order valence-electron chi connectivity index (χ4n) is 2.22. The average Bonchev–Trinajstić information content (AvgIpc) is 2.91. The molecule has 0 saturated heterocycles. The lowest BCUT2D eigenvalue weighted by Gasteiger charge is -2.21. The Morgan fingerprint density at radius 3 is 2.18 bits per heavy atom. The summed E-state index contributed by atoms with van der Waals surface area (Å²) in [7, 11) is -4.37. The molecule has 1 unspecified atom stereocenters. The van der Waals surface area contributed by atoms with E-state index in [0.29, 0.717) is 0 Å². The predicted octanol–water partition coefficient (Wildman–Crippen LogP) is 3.59. The number of benzene rings is 1. The molecule has 1 heterocycles. The molecule has 0 radical (unpaired) electrons. The Hall–Kier alpha value is -1.75. The van der Waals surface area contributed by atoms with E-state index in [9.17, 15) is 26.8 Å². The zero-order valence-electron chi connectivity index (χ0n) is 14.4. The van der Waals surface area contributed by atoms with Crippen molar-refractivity contribution in [2.24, 2.45) is 5.92 Å². The van der Waals surface area contributed by atoms with Crippen molar-refractivity contribution in [2.75, 3.05) is 0 Å². The maximum atomic E-state index is 13.8. The van der Waals surface area contributed by atoms with Crippen LogP contribution in [0.2, 0.25) is 8.67 Å². The van der Waals surface area contributed by atoms with Crippen LogP contribution in [0, 0.1) is 17.6 Å². The quantitative estimate of drug-likeness (QED) is 0.674. The monoisotopic (exact) mass is 470 g/mol. The van der Waals surface area contributed by atoms with Crippen molar-refractivity contribution in [2.45, 2.75) is 24.8 Å². The van der Waals surface area contributed by atoms with Crippen LogP contribution in [0.3, 0.4) is 0 Å². The third kappa shape index (κ3) is 4.99. The molecule has 152 valence electrons. The third-order valence-electron chi connectivity index (χ3n) is 3.58. The van der Waals surface area contributed by atoms with Gasteiger partial charge in [0.05, 0.1) is 4.34 Å². The first kappa shape index (κ1) is 22.5. The SMILES string of the molecule is CC(C)C(NC(=O)c1c(F)cccc1F)C(=O)NS(=O)(=O)c1cc(Cl)sc1Cl. The van der Waals surface area contributed by atoms with Crippen molar-refractivity contribution in [1.82, 2.24) is 10.0 Å². The molecule has 0 fully saturated rings. The lowest BCUT2D eigenvalue weighted by Crippen LogP contribution is -2.51. The van der Waals surface area contributed by atoms with Gasteiger partial charge in [-0.1, -0.05) is 43.1 Å². The van der Waals surface area contributed by atoms with Gasteiger partial charge in [-0.2, -0.15) is 0 Å². The number of sulfonamides is 1. The molecule has 2 N–H and O–H groups in total. The van der Waals surface area contributed by atoms with Gasteiger partial charge in [0.15, 0.2) is 0 Å². The fourth-order valence-corrected chi connectivity index (χ4v) is 5.38. The Morgan fingerprint density at radius 2 is 1.71 bits per heavy atom. The summed E-state index contributed by atoms with van der Waals surface area (Å²) in [6.45, 7) is 3.03. The molecule has 0 saturated carbocycles. The van der Waals surface area contributed by atoms with Gasteiger partial charge in [0.1, 0.15) is 32.5 Å². The van der Waals surface area contributed by atoms with E-state index in [1.54, 1.807) is 4.72 Å². The molecule has 2 amide bonds. The van der Waals surface area contributed by atoms with E-state index in [1.807, 2.05) is 0 Å². The molecule has 28 heavy (non-hydrogen) atoms. The van der Waals surface area contributed by atoms with E-state index >= 15 is 0 Å². The molecule has 1 aromatic carbocycles. The molecule has 0 bridgehead atoms. The summed E-state index contributed by atoms with van der Waals surface area (Å²) in [5, 5.41) is 2.16. The summed E-state index contributed by atoms with van der Waals surface area (Å²) in [5.74, 6) is -5.13. The van der Waals surface area contributed by atoms with Crippen molar-refractivity contribution in [3.63, 3.8) is 0 Å². The molecule has 0 aliphatic carbocycles. The minimum absolute atomic E-state index is 0.0987. The second-order valence-electron chi connectivity index (χ2n) is 5.95. The van der Waals surface area contributed by atoms with E-state index in [-0.39, 0.29) is 8.67 Å². The van der Waals surface area contributed by atoms with Gasteiger partial charge in [-0.05, 0) is 24.1 Å². The fraction of sp³-hybridized carbons (Fsp3) is 0.250. The van der Waals surface area contributed by atoms with E-state index in [2.05, 4.69) is 5.32 Å². The maximum Gasteiger partial charge on any atom is 0.266 e. The highest BCUT2D eigenvalue weighted by Gasteiger charge is 2.31. The molecule has 0 spiro atoms. The largest absolute Gasteiger partial charge is 0.340 e. The summed E-state index contributed by atoms with van der Waals surface area (Å²) in [6, 6.07) is 2.53. The van der Waals surface area contributed by atoms with Gasteiger partial charge >= 0.3 is 0 Å². The summed E-state index contributed by atoms with van der Waals surface area (Å²) in [5.41, 5.74) is -0.878. The van der Waals surface area contributed by atoms with E-state index in [1.165, 1.54) is 13.8 Å². The van der Waals surface area contributed by atoms with Crippen LogP contribution in [0.15, 0.2) is 29.2 Å². The third-order valence-corrected chi connectivity index (χ3v) is 6.68. The van der Waals surface area contributed by atoms with E-state index < -0.39 is 55.9 Å². The Labute approximate surface area is 173 Å². The van der Waals surface area contributed by atoms with Crippen LogP contribution in [0.5, 0.6) is 0 Å². The normalized spacial score (nSPS) is 12.7. The minimum Gasteiger partial charge on any atom is -0.340 e. The van der Waals surface area contributed by atoms with Crippen LogP contribution in [-0.2, 0) is 14.8 Å². The van der Waals surface area contributed by atoms with Crippen LogP contribution in [-0.4, -0.2) is 26.3 Å². The summed E-state index contributed by atoms with van der Waals surface area (Å²) < 4.78 is 54.0. The second-order valence-corrected chi connectivity index (χ2v) is 9.89. The van der Waals surface area contributed by atoms with E-state index in [4.69, 9.17) is 23.2 Å². The smallest absolute Gasteiger partial charge is 0.266 e.